The highest BCUT2D eigenvalue weighted by atomic mass is 16.6. The number of aliphatic hydroxyl groups is 2. The van der Waals surface area contributed by atoms with Gasteiger partial charge in [0.2, 0.25) is 5.91 Å². The van der Waals surface area contributed by atoms with E-state index in [0.717, 1.165) is 16.2 Å². The molecule has 1 aromatic heterocycles. The molecule has 16 nitrogen and oxygen atoms in total. The quantitative estimate of drug-likeness (QED) is 0.108. The van der Waals surface area contributed by atoms with Gasteiger partial charge in [-0.05, 0) is 56.7 Å². The molecule has 0 radical (unpaired) electrons. The molecule has 1 aromatic carbocycles. The van der Waals surface area contributed by atoms with Gasteiger partial charge in [0, 0.05) is 12.8 Å². The summed E-state index contributed by atoms with van der Waals surface area (Å²) in [7, 11) is 1.16. The second-order valence-corrected chi connectivity index (χ2v) is 13.3. The fourth-order valence-corrected chi connectivity index (χ4v) is 4.51. The molecule has 16 heteroatoms. The van der Waals surface area contributed by atoms with E-state index in [0.29, 0.717) is 17.4 Å². The maximum absolute atomic E-state index is 13.2. The lowest BCUT2D eigenvalue weighted by molar-refractivity contribution is -0.147. The van der Waals surface area contributed by atoms with Crippen LogP contribution in [0.15, 0.2) is 45.2 Å². The highest BCUT2D eigenvalue weighted by Gasteiger charge is 2.29. The molecule has 0 saturated carbocycles. The van der Waals surface area contributed by atoms with Crippen molar-refractivity contribution in [3.8, 4) is 0 Å². The lowest BCUT2D eigenvalue weighted by Crippen LogP contribution is -2.57. The zero-order valence-electron chi connectivity index (χ0n) is 30.4. The van der Waals surface area contributed by atoms with E-state index in [4.69, 9.17) is 14.2 Å². The number of benzene rings is 1. The van der Waals surface area contributed by atoms with E-state index >= 15 is 0 Å². The van der Waals surface area contributed by atoms with Gasteiger partial charge in [0.1, 0.15) is 18.3 Å². The first-order chi connectivity index (χ1) is 23.8. The number of hydrogen-bond acceptors (Lipinski definition) is 12. The number of methoxy groups -OCH3 is 1. The lowest BCUT2D eigenvalue weighted by atomic mass is 9.84. The molecule has 3 N–H and O–H groups in total. The van der Waals surface area contributed by atoms with Crippen LogP contribution in [0.4, 0.5) is 5.69 Å². The van der Waals surface area contributed by atoms with Crippen LogP contribution in [0.5, 0.6) is 0 Å². The number of hydrogen-bond donors (Lipinski definition) is 3. The molecule has 2 rings (SSSR count). The molecular formula is C35H50N4O12. The molecule has 51 heavy (non-hydrogen) atoms. The first kappa shape index (κ1) is 42.3. The first-order valence-corrected chi connectivity index (χ1v) is 16.6. The number of anilines is 1. The molecule has 1 heterocycles. The molecule has 0 aliphatic rings. The Morgan fingerprint density at radius 2 is 1.51 bits per heavy atom. The van der Waals surface area contributed by atoms with E-state index in [-0.39, 0.29) is 42.6 Å². The SMILES string of the molecule is C=CCn1c(=O)n(CC(O)COC(=O)CCCC(=O)Nc2cc(C(=O)OC(C)(C)CC)ccc2C(=O)OC)c(=O)n(CC(O)C(C)(C)CC)c1=O. The van der Waals surface area contributed by atoms with Gasteiger partial charge in [0.25, 0.3) is 0 Å². The summed E-state index contributed by atoms with van der Waals surface area (Å²) < 4.78 is 17.4. The lowest BCUT2D eigenvalue weighted by Gasteiger charge is -2.29. The summed E-state index contributed by atoms with van der Waals surface area (Å²) in [5.74, 6) is -2.76. The number of ether oxygens (including phenoxy) is 3. The Balaban J connectivity index is 2.06. The first-order valence-electron chi connectivity index (χ1n) is 16.6. The molecule has 2 atom stereocenters. The normalized spacial score (nSPS) is 12.8. The summed E-state index contributed by atoms with van der Waals surface area (Å²) in [5, 5.41) is 23.8. The monoisotopic (exact) mass is 718 g/mol. The number of aromatic nitrogens is 3. The molecule has 0 aliphatic carbocycles. The Bertz CT molecular complexity index is 1770. The summed E-state index contributed by atoms with van der Waals surface area (Å²) in [6.45, 7) is 12.4. The van der Waals surface area contributed by atoms with Crippen molar-refractivity contribution in [1.29, 1.82) is 0 Å². The average molecular weight is 719 g/mol. The van der Waals surface area contributed by atoms with Crippen molar-refractivity contribution < 1.29 is 43.6 Å². The molecule has 0 saturated heterocycles. The van der Waals surface area contributed by atoms with E-state index in [1.165, 1.54) is 24.3 Å². The van der Waals surface area contributed by atoms with E-state index < -0.39 is 83.8 Å². The third-order valence-corrected chi connectivity index (χ3v) is 8.64. The number of carbonyl (C=O) groups is 4. The number of nitrogens with zero attached hydrogens (tertiary/aromatic N) is 3. The number of amides is 1. The standard InChI is InChI=1S/C35H50N4O12/c1-9-17-37-31(46)38(33(48)39(32(37)47)20-26(41)34(4,5)10-2)19-23(40)21-50-28(43)14-12-13-27(42)36-25-18-22(15-16-24(25)30(45)49-8)29(44)51-35(6,7)11-3/h9,15-16,18,23,26,40-41H,1,10-14,17,19-21H2,2-8H3,(H,36,42). The Morgan fingerprint density at radius 3 is 2.08 bits per heavy atom. The molecule has 2 aromatic rings. The van der Waals surface area contributed by atoms with Crippen molar-refractivity contribution in [2.24, 2.45) is 5.41 Å². The maximum atomic E-state index is 13.2. The van der Waals surface area contributed by atoms with Crippen LogP contribution in [0.1, 0.15) is 94.4 Å². The van der Waals surface area contributed by atoms with Crippen LogP contribution < -0.4 is 22.4 Å². The minimum Gasteiger partial charge on any atom is -0.465 e. The van der Waals surface area contributed by atoms with Crippen molar-refractivity contribution in [2.75, 3.05) is 19.0 Å². The largest absolute Gasteiger partial charge is 0.465 e. The Hall–Kier alpha value is -4.83. The molecule has 0 spiro atoms. The Morgan fingerprint density at radius 1 is 0.902 bits per heavy atom. The summed E-state index contributed by atoms with van der Waals surface area (Å²) in [6.07, 6.45) is -0.672. The van der Waals surface area contributed by atoms with Crippen LogP contribution in [-0.4, -0.2) is 79.3 Å². The van der Waals surface area contributed by atoms with Gasteiger partial charge < -0.3 is 29.7 Å². The van der Waals surface area contributed by atoms with E-state index in [1.54, 1.807) is 27.7 Å². The van der Waals surface area contributed by atoms with Crippen molar-refractivity contribution in [2.45, 2.75) is 111 Å². The van der Waals surface area contributed by atoms with Crippen molar-refractivity contribution >= 4 is 29.5 Å². The third-order valence-electron chi connectivity index (χ3n) is 8.64. The van der Waals surface area contributed by atoms with Gasteiger partial charge in [0.15, 0.2) is 0 Å². The number of aliphatic hydroxyl groups excluding tert-OH is 2. The molecule has 1 amide bonds. The zero-order valence-corrected chi connectivity index (χ0v) is 30.4. The third kappa shape index (κ3) is 11.6. The zero-order chi connectivity index (χ0) is 38.7. The summed E-state index contributed by atoms with van der Waals surface area (Å²) in [6, 6.07) is 4.00. The minimum absolute atomic E-state index is 0.00251. The second kappa shape index (κ2) is 18.4. The van der Waals surface area contributed by atoms with Gasteiger partial charge >= 0.3 is 35.0 Å². The van der Waals surface area contributed by atoms with E-state index in [9.17, 15) is 43.8 Å². The number of esters is 3. The Labute approximate surface area is 295 Å². The van der Waals surface area contributed by atoms with Crippen LogP contribution in [0.2, 0.25) is 0 Å². The van der Waals surface area contributed by atoms with Gasteiger partial charge in [-0.25, -0.2) is 37.7 Å². The number of rotatable bonds is 19. The topological polar surface area (TPSA) is 214 Å². The predicted molar refractivity (Wildman–Crippen MR) is 187 cm³/mol. The van der Waals surface area contributed by atoms with Gasteiger partial charge in [-0.15, -0.1) is 6.58 Å². The van der Waals surface area contributed by atoms with Gasteiger partial charge in [0.05, 0.1) is 49.7 Å². The molecule has 0 bridgehead atoms. The molecule has 2 unspecified atom stereocenters. The van der Waals surface area contributed by atoms with Gasteiger partial charge in [-0.1, -0.05) is 33.8 Å². The average Bonchev–Trinajstić information content (AvgIpc) is 3.08. The van der Waals surface area contributed by atoms with Crippen LogP contribution >= 0.6 is 0 Å². The second-order valence-electron chi connectivity index (χ2n) is 13.3. The van der Waals surface area contributed by atoms with Gasteiger partial charge in [-0.2, -0.15) is 0 Å². The summed E-state index contributed by atoms with van der Waals surface area (Å²) in [4.78, 5) is 89.2. The van der Waals surface area contributed by atoms with Crippen molar-refractivity contribution in [1.82, 2.24) is 13.7 Å². The number of allylic oxidation sites excluding steroid dienone is 1. The van der Waals surface area contributed by atoms with Crippen LogP contribution in [0.25, 0.3) is 0 Å². The highest BCUT2D eigenvalue weighted by Crippen LogP contribution is 2.25. The summed E-state index contributed by atoms with van der Waals surface area (Å²) in [5.41, 5.74) is -4.28. The van der Waals surface area contributed by atoms with Crippen molar-refractivity contribution in [3.63, 3.8) is 0 Å². The van der Waals surface area contributed by atoms with Crippen LogP contribution in [0.3, 0.4) is 0 Å². The molecule has 282 valence electrons. The number of carbonyl (C=O) groups excluding carboxylic acids is 4. The maximum Gasteiger partial charge on any atom is 0.339 e. The van der Waals surface area contributed by atoms with Crippen molar-refractivity contribution in [3.05, 3.63) is 73.4 Å². The molecule has 0 fully saturated rings. The fraction of sp³-hybridized carbons (Fsp3) is 0.571. The smallest absolute Gasteiger partial charge is 0.339 e. The minimum atomic E-state index is -1.53. The van der Waals surface area contributed by atoms with E-state index in [1.807, 2.05) is 13.8 Å². The molecule has 0 aliphatic heterocycles. The van der Waals surface area contributed by atoms with Gasteiger partial charge in [-0.3, -0.25) is 9.59 Å². The van der Waals surface area contributed by atoms with E-state index in [2.05, 4.69) is 11.9 Å². The predicted octanol–water partition coefficient (Wildman–Crippen LogP) is 2.00. The summed E-state index contributed by atoms with van der Waals surface area (Å²) >= 11 is 0. The Kier molecular flexibility index (Phi) is 15.3. The van der Waals surface area contributed by atoms with Crippen LogP contribution in [0, 0.1) is 5.41 Å². The van der Waals surface area contributed by atoms with Crippen LogP contribution in [-0.2, 0) is 43.4 Å². The highest BCUT2D eigenvalue weighted by molar-refractivity contribution is 6.03. The molecular weight excluding hydrogens is 668 g/mol. The fourth-order valence-electron chi connectivity index (χ4n) is 4.51. The number of nitrogens with one attached hydrogen (secondary N) is 1.